The van der Waals surface area contributed by atoms with E-state index in [1.54, 1.807) is 0 Å². The van der Waals surface area contributed by atoms with Gasteiger partial charge in [-0.15, -0.1) is 0 Å². The molecule has 0 spiro atoms. The molecule has 0 aromatic rings. The highest BCUT2D eigenvalue weighted by Gasteiger charge is 2.35. The first-order valence-electron chi connectivity index (χ1n) is 4.66. The number of carbonyl (C=O) groups is 1. The van der Waals surface area contributed by atoms with E-state index in [0.717, 1.165) is 6.42 Å². The first-order valence-corrected chi connectivity index (χ1v) is 4.66. The van der Waals surface area contributed by atoms with Crippen LogP contribution in [0, 0.1) is 5.41 Å². The van der Waals surface area contributed by atoms with Crippen LogP contribution >= 0.6 is 0 Å². The van der Waals surface area contributed by atoms with Crippen molar-refractivity contribution in [2.24, 2.45) is 5.41 Å². The third-order valence-electron chi connectivity index (χ3n) is 2.76. The molecule has 4 nitrogen and oxygen atoms in total. The molecular formula is C9H18N2O2. The molecule has 1 rings (SSSR count). The molecule has 0 saturated heterocycles. The molecule has 1 aliphatic carbocycles. The lowest BCUT2D eigenvalue weighted by molar-refractivity contribution is 0.103. The number of carbonyl (C=O) groups excluding carboxylic acids is 1. The third-order valence-corrected chi connectivity index (χ3v) is 2.76. The Morgan fingerprint density at radius 3 is 2.69 bits per heavy atom. The summed E-state index contributed by atoms with van der Waals surface area (Å²) < 4.78 is 0. The van der Waals surface area contributed by atoms with E-state index in [1.165, 1.54) is 20.0 Å². The van der Waals surface area contributed by atoms with Gasteiger partial charge in [-0.25, -0.2) is 10.3 Å². The van der Waals surface area contributed by atoms with Gasteiger partial charge in [-0.05, 0) is 18.3 Å². The molecule has 1 saturated carbocycles. The van der Waals surface area contributed by atoms with Crippen LogP contribution in [0.3, 0.4) is 0 Å². The Labute approximate surface area is 79.0 Å². The van der Waals surface area contributed by atoms with Gasteiger partial charge in [-0.3, -0.25) is 4.84 Å². The van der Waals surface area contributed by atoms with Crippen molar-refractivity contribution in [3.63, 3.8) is 0 Å². The fraction of sp³-hybridized carbons (Fsp3) is 0.889. The largest absolute Gasteiger partial charge is 0.338 e. The second-order valence-electron chi connectivity index (χ2n) is 4.21. The second-order valence-corrected chi connectivity index (χ2v) is 4.21. The van der Waals surface area contributed by atoms with Crippen LogP contribution in [-0.4, -0.2) is 19.2 Å². The molecule has 0 aliphatic heterocycles. The molecule has 76 valence electrons. The predicted molar refractivity (Wildman–Crippen MR) is 50.1 cm³/mol. The summed E-state index contributed by atoms with van der Waals surface area (Å²) in [5, 5.41) is 2.90. The van der Waals surface area contributed by atoms with E-state index in [0.29, 0.717) is 0 Å². The fourth-order valence-corrected chi connectivity index (χ4v) is 1.87. The molecule has 1 unspecified atom stereocenters. The highest BCUT2D eigenvalue weighted by Crippen LogP contribution is 2.36. The third kappa shape index (κ3) is 2.59. The zero-order valence-corrected chi connectivity index (χ0v) is 8.52. The maximum atomic E-state index is 11.1. The van der Waals surface area contributed by atoms with Crippen LogP contribution in [0.25, 0.3) is 0 Å². The standard InChI is InChI=1S/C9H18N2O2/c1-9(2)6-4-5-7(9)10-8(12)11-13-3/h7H,4-6H2,1-3H3,(H2,10,11,12). The van der Waals surface area contributed by atoms with E-state index in [4.69, 9.17) is 0 Å². The minimum absolute atomic E-state index is 0.213. The van der Waals surface area contributed by atoms with Gasteiger partial charge in [0.25, 0.3) is 0 Å². The normalized spacial score (nSPS) is 25.6. The van der Waals surface area contributed by atoms with E-state index < -0.39 is 0 Å². The molecule has 1 atom stereocenters. The molecular weight excluding hydrogens is 168 g/mol. The van der Waals surface area contributed by atoms with Gasteiger partial charge in [0.2, 0.25) is 0 Å². The lowest BCUT2D eigenvalue weighted by atomic mass is 9.87. The monoisotopic (exact) mass is 186 g/mol. The average molecular weight is 186 g/mol. The minimum Gasteiger partial charge on any atom is -0.333 e. The second kappa shape index (κ2) is 3.96. The summed E-state index contributed by atoms with van der Waals surface area (Å²) in [6, 6.07) is 0.0186. The van der Waals surface area contributed by atoms with Crippen molar-refractivity contribution < 1.29 is 9.63 Å². The van der Waals surface area contributed by atoms with Gasteiger partial charge in [0.05, 0.1) is 7.11 Å². The van der Waals surface area contributed by atoms with E-state index >= 15 is 0 Å². The summed E-state index contributed by atoms with van der Waals surface area (Å²) in [7, 11) is 1.43. The Balaban J connectivity index is 2.40. The Morgan fingerprint density at radius 2 is 2.23 bits per heavy atom. The van der Waals surface area contributed by atoms with Gasteiger partial charge >= 0.3 is 6.03 Å². The van der Waals surface area contributed by atoms with Crippen LogP contribution in [-0.2, 0) is 4.84 Å². The predicted octanol–water partition coefficient (Wildman–Crippen LogP) is 1.43. The first-order chi connectivity index (χ1) is 6.06. The molecule has 0 bridgehead atoms. The molecule has 0 aromatic carbocycles. The number of hydrogen-bond donors (Lipinski definition) is 2. The van der Waals surface area contributed by atoms with Crippen molar-refractivity contribution in [3.8, 4) is 0 Å². The zero-order chi connectivity index (χ0) is 9.90. The molecule has 0 aromatic heterocycles. The van der Waals surface area contributed by atoms with Crippen LogP contribution in [0.15, 0.2) is 0 Å². The smallest absolute Gasteiger partial charge is 0.333 e. The molecule has 13 heavy (non-hydrogen) atoms. The lowest BCUT2D eigenvalue weighted by Gasteiger charge is -2.27. The van der Waals surface area contributed by atoms with Crippen LogP contribution in [0.1, 0.15) is 33.1 Å². The molecule has 4 heteroatoms. The van der Waals surface area contributed by atoms with Crippen molar-refractivity contribution in [2.45, 2.75) is 39.2 Å². The Bertz CT molecular complexity index is 192. The van der Waals surface area contributed by atoms with Crippen LogP contribution in [0.4, 0.5) is 4.79 Å². The summed E-state index contributed by atoms with van der Waals surface area (Å²) >= 11 is 0. The topological polar surface area (TPSA) is 50.4 Å². The Kier molecular flexibility index (Phi) is 3.14. The molecule has 2 amide bonds. The van der Waals surface area contributed by atoms with Crippen LogP contribution in [0.2, 0.25) is 0 Å². The molecule has 1 fully saturated rings. The highest BCUT2D eigenvalue weighted by molar-refractivity contribution is 5.73. The van der Waals surface area contributed by atoms with Gasteiger partial charge in [-0.1, -0.05) is 20.3 Å². The van der Waals surface area contributed by atoms with E-state index in [1.807, 2.05) is 0 Å². The lowest BCUT2D eigenvalue weighted by Crippen LogP contribution is -2.46. The van der Waals surface area contributed by atoms with Crippen LogP contribution < -0.4 is 10.8 Å². The number of hydroxylamine groups is 1. The maximum absolute atomic E-state index is 11.1. The number of rotatable bonds is 2. The highest BCUT2D eigenvalue weighted by atomic mass is 16.6. The van der Waals surface area contributed by atoms with Gasteiger partial charge < -0.3 is 5.32 Å². The minimum atomic E-state index is -0.248. The number of amides is 2. The number of nitrogens with one attached hydrogen (secondary N) is 2. The van der Waals surface area contributed by atoms with Crippen LogP contribution in [0.5, 0.6) is 0 Å². The van der Waals surface area contributed by atoms with Gasteiger partial charge in [0.1, 0.15) is 0 Å². The van der Waals surface area contributed by atoms with E-state index in [2.05, 4.69) is 29.5 Å². The van der Waals surface area contributed by atoms with E-state index in [-0.39, 0.29) is 17.5 Å². The van der Waals surface area contributed by atoms with Crippen molar-refractivity contribution in [3.05, 3.63) is 0 Å². The van der Waals surface area contributed by atoms with Gasteiger partial charge in [0, 0.05) is 6.04 Å². The first kappa shape index (κ1) is 10.3. The molecule has 2 N–H and O–H groups in total. The van der Waals surface area contributed by atoms with Crippen molar-refractivity contribution in [1.29, 1.82) is 0 Å². The molecule has 0 radical (unpaired) electrons. The zero-order valence-electron chi connectivity index (χ0n) is 8.52. The summed E-state index contributed by atoms with van der Waals surface area (Å²) in [4.78, 5) is 15.7. The number of urea groups is 1. The average Bonchev–Trinajstić information content (AvgIpc) is 2.31. The summed E-state index contributed by atoms with van der Waals surface area (Å²) in [5.41, 5.74) is 2.47. The summed E-state index contributed by atoms with van der Waals surface area (Å²) in [6.07, 6.45) is 3.42. The fourth-order valence-electron chi connectivity index (χ4n) is 1.87. The molecule has 0 heterocycles. The number of hydrogen-bond acceptors (Lipinski definition) is 2. The Hall–Kier alpha value is -0.770. The SMILES string of the molecule is CONC(=O)NC1CCCC1(C)C. The van der Waals surface area contributed by atoms with Crippen molar-refractivity contribution >= 4 is 6.03 Å². The quantitative estimate of drug-likeness (QED) is 0.641. The molecule has 1 aliphatic rings. The van der Waals surface area contributed by atoms with Crippen molar-refractivity contribution in [2.75, 3.05) is 7.11 Å². The Morgan fingerprint density at radius 1 is 1.54 bits per heavy atom. The van der Waals surface area contributed by atoms with Crippen molar-refractivity contribution in [1.82, 2.24) is 10.8 Å². The summed E-state index contributed by atoms with van der Waals surface area (Å²) in [6.45, 7) is 4.36. The summed E-state index contributed by atoms with van der Waals surface area (Å²) in [5.74, 6) is 0. The maximum Gasteiger partial charge on any atom is 0.338 e. The van der Waals surface area contributed by atoms with Gasteiger partial charge in [0.15, 0.2) is 0 Å². The van der Waals surface area contributed by atoms with Gasteiger partial charge in [-0.2, -0.15) is 0 Å². The van der Waals surface area contributed by atoms with E-state index in [9.17, 15) is 4.79 Å².